The van der Waals surface area contributed by atoms with Gasteiger partial charge < -0.3 is 9.84 Å². The van der Waals surface area contributed by atoms with Crippen molar-refractivity contribution < 1.29 is 9.84 Å². The van der Waals surface area contributed by atoms with Crippen LogP contribution in [0.3, 0.4) is 0 Å². The largest absolute Gasteiger partial charge is 0.497 e. The van der Waals surface area contributed by atoms with Gasteiger partial charge in [0.25, 0.3) is 0 Å². The van der Waals surface area contributed by atoms with E-state index in [0.717, 1.165) is 50.2 Å². The molecule has 1 heterocycles. The summed E-state index contributed by atoms with van der Waals surface area (Å²) in [6.45, 7) is 3.06. The lowest BCUT2D eigenvalue weighted by Gasteiger charge is -2.36. The van der Waals surface area contributed by atoms with Gasteiger partial charge in [0, 0.05) is 25.6 Å². The van der Waals surface area contributed by atoms with E-state index in [2.05, 4.69) is 35.2 Å². The minimum Gasteiger partial charge on any atom is -0.497 e. The van der Waals surface area contributed by atoms with E-state index in [4.69, 9.17) is 4.74 Å². The zero-order valence-corrected chi connectivity index (χ0v) is 14.2. The molecule has 0 amide bonds. The van der Waals surface area contributed by atoms with E-state index in [1.807, 2.05) is 12.1 Å². The highest BCUT2D eigenvalue weighted by molar-refractivity contribution is 5.39. The van der Waals surface area contributed by atoms with Gasteiger partial charge in [-0.05, 0) is 53.6 Å². The SMILES string of the molecule is COc1ccc2c(c1)C(O)C(CN1CCc3ccccc3C1)CC2. The summed E-state index contributed by atoms with van der Waals surface area (Å²) in [5, 5.41) is 10.9. The molecule has 0 saturated heterocycles. The predicted octanol–water partition coefficient (Wildman–Crippen LogP) is 3.35. The minimum absolute atomic E-state index is 0.301. The molecular formula is C21H25NO2. The Bertz CT molecular complexity index is 728. The van der Waals surface area contributed by atoms with Crippen molar-refractivity contribution in [2.75, 3.05) is 20.2 Å². The first-order valence-electron chi connectivity index (χ1n) is 8.88. The van der Waals surface area contributed by atoms with Gasteiger partial charge in [-0.3, -0.25) is 4.90 Å². The normalized spacial score (nSPS) is 23.4. The molecule has 0 spiro atoms. The number of rotatable bonds is 3. The van der Waals surface area contributed by atoms with Crippen LogP contribution in [0, 0.1) is 5.92 Å². The van der Waals surface area contributed by atoms with Crippen molar-refractivity contribution in [2.45, 2.75) is 31.9 Å². The van der Waals surface area contributed by atoms with E-state index in [9.17, 15) is 5.11 Å². The molecular weight excluding hydrogens is 298 g/mol. The van der Waals surface area contributed by atoms with Gasteiger partial charge in [0.1, 0.15) is 5.75 Å². The number of methoxy groups -OCH3 is 1. The summed E-state index contributed by atoms with van der Waals surface area (Å²) in [5.74, 6) is 1.13. The summed E-state index contributed by atoms with van der Waals surface area (Å²) < 4.78 is 5.33. The first kappa shape index (κ1) is 15.7. The third kappa shape index (κ3) is 2.94. The van der Waals surface area contributed by atoms with Crippen LogP contribution in [-0.2, 0) is 19.4 Å². The monoisotopic (exact) mass is 323 g/mol. The Morgan fingerprint density at radius 1 is 1.08 bits per heavy atom. The lowest BCUT2D eigenvalue weighted by atomic mass is 9.81. The quantitative estimate of drug-likeness (QED) is 0.940. The van der Waals surface area contributed by atoms with E-state index >= 15 is 0 Å². The van der Waals surface area contributed by atoms with Crippen molar-refractivity contribution >= 4 is 0 Å². The molecule has 1 N–H and O–H groups in total. The van der Waals surface area contributed by atoms with Crippen molar-refractivity contribution in [3.8, 4) is 5.75 Å². The molecule has 2 unspecified atom stereocenters. The number of aliphatic hydroxyl groups excluding tert-OH is 1. The smallest absolute Gasteiger partial charge is 0.119 e. The van der Waals surface area contributed by atoms with Crippen molar-refractivity contribution in [2.24, 2.45) is 5.92 Å². The highest BCUT2D eigenvalue weighted by atomic mass is 16.5. The molecule has 3 heteroatoms. The van der Waals surface area contributed by atoms with E-state index in [0.29, 0.717) is 5.92 Å². The maximum atomic E-state index is 10.9. The Morgan fingerprint density at radius 3 is 2.75 bits per heavy atom. The van der Waals surface area contributed by atoms with Crippen LogP contribution in [0.2, 0.25) is 0 Å². The molecule has 2 aromatic carbocycles. The fourth-order valence-corrected chi connectivity index (χ4v) is 4.19. The van der Waals surface area contributed by atoms with Crippen LogP contribution in [0.1, 0.15) is 34.8 Å². The summed E-state index contributed by atoms with van der Waals surface area (Å²) >= 11 is 0. The molecule has 4 rings (SSSR count). The number of hydrogen-bond acceptors (Lipinski definition) is 3. The van der Waals surface area contributed by atoms with Crippen LogP contribution < -0.4 is 4.74 Å². The lowest BCUT2D eigenvalue weighted by Crippen LogP contribution is -2.37. The van der Waals surface area contributed by atoms with Crippen molar-refractivity contribution in [1.82, 2.24) is 4.90 Å². The number of nitrogens with zero attached hydrogens (tertiary/aromatic N) is 1. The average molecular weight is 323 g/mol. The van der Waals surface area contributed by atoms with Gasteiger partial charge >= 0.3 is 0 Å². The zero-order valence-electron chi connectivity index (χ0n) is 14.2. The van der Waals surface area contributed by atoms with Gasteiger partial charge in [0.15, 0.2) is 0 Å². The maximum Gasteiger partial charge on any atom is 0.119 e. The molecule has 0 saturated carbocycles. The van der Waals surface area contributed by atoms with Crippen LogP contribution in [0.25, 0.3) is 0 Å². The Labute approximate surface area is 143 Å². The third-order valence-electron chi connectivity index (χ3n) is 5.61. The highest BCUT2D eigenvalue weighted by Gasteiger charge is 2.30. The number of ether oxygens (including phenoxy) is 1. The maximum absolute atomic E-state index is 10.9. The predicted molar refractivity (Wildman–Crippen MR) is 95.2 cm³/mol. The van der Waals surface area contributed by atoms with E-state index < -0.39 is 0 Å². The summed E-state index contributed by atoms with van der Waals surface area (Å²) in [4.78, 5) is 2.50. The van der Waals surface area contributed by atoms with Gasteiger partial charge in [0.05, 0.1) is 13.2 Å². The van der Waals surface area contributed by atoms with Gasteiger partial charge in [-0.2, -0.15) is 0 Å². The van der Waals surface area contributed by atoms with Crippen molar-refractivity contribution in [1.29, 1.82) is 0 Å². The minimum atomic E-state index is -0.388. The lowest BCUT2D eigenvalue weighted by molar-refractivity contribution is 0.0620. The second-order valence-electron chi connectivity index (χ2n) is 7.06. The second-order valence-corrected chi connectivity index (χ2v) is 7.06. The zero-order chi connectivity index (χ0) is 16.5. The Kier molecular flexibility index (Phi) is 4.30. The average Bonchev–Trinajstić information content (AvgIpc) is 2.64. The number of aliphatic hydroxyl groups is 1. The molecule has 0 fully saturated rings. The summed E-state index contributed by atoms with van der Waals surface area (Å²) in [6, 6.07) is 14.8. The molecule has 2 atom stereocenters. The summed E-state index contributed by atoms with van der Waals surface area (Å²) in [5.41, 5.74) is 5.25. The van der Waals surface area contributed by atoms with E-state index in [1.54, 1.807) is 7.11 Å². The molecule has 1 aliphatic carbocycles. The number of fused-ring (bicyclic) bond motifs is 2. The molecule has 2 aliphatic rings. The highest BCUT2D eigenvalue weighted by Crippen LogP contribution is 2.37. The molecule has 0 radical (unpaired) electrons. The summed E-state index contributed by atoms with van der Waals surface area (Å²) in [6.07, 6.45) is 2.83. The second kappa shape index (κ2) is 6.58. The molecule has 2 aromatic rings. The molecule has 0 bridgehead atoms. The molecule has 24 heavy (non-hydrogen) atoms. The van der Waals surface area contributed by atoms with Gasteiger partial charge in [-0.1, -0.05) is 30.3 Å². The van der Waals surface area contributed by atoms with E-state index in [-0.39, 0.29) is 6.10 Å². The summed E-state index contributed by atoms with van der Waals surface area (Å²) in [7, 11) is 1.68. The van der Waals surface area contributed by atoms with E-state index in [1.165, 1.54) is 16.7 Å². The van der Waals surface area contributed by atoms with Crippen LogP contribution in [0.5, 0.6) is 5.75 Å². The molecule has 126 valence electrons. The fourth-order valence-electron chi connectivity index (χ4n) is 4.19. The van der Waals surface area contributed by atoms with Gasteiger partial charge in [0.2, 0.25) is 0 Å². The Balaban J connectivity index is 1.48. The number of benzene rings is 2. The fraction of sp³-hybridized carbons (Fsp3) is 0.429. The van der Waals surface area contributed by atoms with Crippen molar-refractivity contribution in [3.05, 3.63) is 64.7 Å². The topological polar surface area (TPSA) is 32.7 Å². The third-order valence-corrected chi connectivity index (χ3v) is 5.61. The van der Waals surface area contributed by atoms with Crippen LogP contribution in [-0.4, -0.2) is 30.2 Å². The van der Waals surface area contributed by atoms with Gasteiger partial charge in [-0.25, -0.2) is 0 Å². The first-order valence-corrected chi connectivity index (χ1v) is 8.88. The Hall–Kier alpha value is -1.84. The van der Waals surface area contributed by atoms with Crippen LogP contribution in [0.4, 0.5) is 0 Å². The van der Waals surface area contributed by atoms with Gasteiger partial charge in [-0.15, -0.1) is 0 Å². The number of hydrogen-bond donors (Lipinski definition) is 1. The Morgan fingerprint density at radius 2 is 1.92 bits per heavy atom. The number of aryl methyl sites for hydroxylation is 1. The molecule has 1 aliphatic heterocycles. The first-order chi connectivity index (χ1) is 11.7. The van der Waals surface area contributed by atoms with Crippen LogP contribution in [0.15, 0.2) is 42.5 Å². The molecule has 3 nitrogen and oxygen atoms in total. The van der Waals surface area contributed by atoms with Crippen LogP contribution >= 0.6 is 0 Å². The standard InChI is InChI=1S/C21H25NO2/c1-24-19-9-8-16-6-7-18(21(23)20(16)12-19)14-22-11-10-15-4-2-3-5-17(15)13-22/h2-5,8-9,12,18,21,23H,6-7,10-11,13-14H2,1H3. The molecule has 0 aromatic heterocycles. The van der Waals surface area contributed by atoms with Crippen molar-refractivity contribution in [3.63, 3.8) is 0 Å².